The Morgan fingerprint density at radius 3 is 2.10 bits per heavy atom. The number of amides is 1. The molecule has 6 heteroatoms. The zero-order valence-electron chi connectivity index (χ0n) is 5.79. The SMILES string of the molecule is CC(N)C(=O)NS(C)(=O)=O. The highest BCUT2D eigenvalue weighted by Gasteiger charge is 2.11. The number of rotatable bonds is 2. The van der Waals surface area contributed by atoms with Crippen molar-refractivity contribution in [3.63, 3.8) is 0 Å². The summed E-state index contributed by atoms with van der Waals surface area (Å²) in [6, 6.07) is -0.797. The zero-order chi connectivity index (χ0) is 8.36. The third kappa shape index (κ3) is 4.28. The van der Waals surface area contributed by atoms with Gasteiger partial charge in [-0.3, -0.25) is 9.52 Å². The van der Waals surface area contributed by atoms with E-state index in [9.17, 15) is 13.2 Å². The smallest absolute Gasteiger partial charge is 0.250 e. The Labute approximate surface area is 59.6 Å². The first-order valence-corrected chi connectivity index (χ1v) is 4.49. The van der Waals surface area contributed by atoms with Gasteiger partial charge in [-0.2, -0.15) is 0 Å². The van der Waals surface area contributed by atoms with Crippen LogP contribution in [0.1, 0.15) is 6.92 Å². The van der Waals surface area contributed by atoms with Crippen molar-refractivity contribution in [2.75, 3.05) is 6.26 Å². The van der Waals surface area contributed by atoms with E-state index < -0.39 is 22.0 Å². The summed E-state index contributed by atoms with van der Waals surface area (Å²) in [5, 5.41) is 0. The predicted molar refractivity (Wildman–Crippen MR) is 36.6 cm³/mol. The maximum atomic E-state index is 10.5. The lowest BCUT2D eigenvalue weighted by molar-refractivity contribution is -0.120. The van der Waals surface area contributed by atoms with Gasteiger partial charge >= 0.3 is 0 Å². The van der Waals surface area contributed by atoms with Gasteiger partial charge in [0.05, 0.1) is 12.3 Å². The Balaban J connectivity index is 4.07. The van der Waals surface area contributed by atoms with Crippen LogP contribution in [-0.4, -0.2) is 26.6 Å². The Bertz CT molecular complexity index is 219. The number of nitrogens with one attached hydrogen (secondary N) is 1. The third-order valence-electron chi connectivity index (χ3n) is 0.700. The van der Waals surface area contributed by atoms with E-state index in [0.717, 1.165) is 6.26 Å². The minimum Gasteiger partial charge on any atom is -0.320 e. The van der Waals surface area contributed by atoms with Gasteiger partial charge in [0, 0.05) is 0 Å². The molecule has 60 valence electrons. The molecule has 0 saturated heterocycles. The molecule has 5 nitrogen and oxygen atoms in total. The minimum atomic E-state index is -3.45. The van der Waals surface area contributed by atoms with Crippen LogP contribution in [-0.2, 0) is 14.8 Å². The molecule has 0 spiro atoms. The Hall–Kier alpha value is -0.620. The summed E-state index contributed by atoms with van der Waals surface area (Å²) >= 11 is 0. The van der Waals surface area contributed by atoms with E-state index in [0.29, 0.717) is 0 Å². The van der Waals surface area contributed by atoms with Crippen molar-refractivity contribution in [2.24, 2.45) is 5.73 Å². The topological polar surface area (TPSA) is 89.3 Å². The van der Waals surface area contributed by atoms with Crippen LogP contribution in [0.25, 0.3) is 0 Å². The Kier molecular flexibility index (Phi) is 2.79. The fourth-order valence-electron chi connectivity index (χ4n) is 0.276. The second kappa shape index (κ2) is 2.98. The van der Waals surface area contributed by atoms with Crippen molar-refractivity contribution in [2.45, 2.75) is 13.0 Å². The van der Waals surface area contributed by atoms with E-state index in [2.05, 4.69) is 0 Å². The number of hydrogen-bond acceptors (Lipinski definition) is 4. The van der Waals surface area contributed by atoms with E-state index in [4.69, 9.17) is 5.73 Å². The van der Waals surface area contributed by atoms with Crippen molar-refractivity contribution < 1.29 is 13.2 Å². The number of hydrogen-bond donors (Lipinski definition) is 2. The van der Waals surface area contributed by atoms with Gasteiger partial charge in [-0.05, 0) is 6.92 Å². The molecule has 0 saturated carbocycles. The van der Waals surface area contributed by atoms with Crippen LogP contribution in [0.3, 0.4) is 0 Å². The van der Waals surface area contributed by atoms with Gasteiger partial charge in [-0.25, -0.2) is 8.42 Å². The molecule has 0 aromatic rings. The minimum absolute atomic E-state index is 0.692. The van der Waals surface area contributed by atoms with Crippen LogP contribution >= 0.6 is 0 Å². The van der Waals surface area contributed by atoms with Crippen molar-refractivity contribution >= 4 is 15.9 Å². The molecule has 0 heterocycles. The molecule has 0 rings (SSSR count). The molecule has 1 amide bonds. The first-order valence-electron chi connectivity index (χ1n) is 2.60. The molecule has 1 unspecified atom stereocenters. The van der Waals surface area contributed by atoms with Gasteiger partial charge in [0.15, 0.2) is 0 Å². The van der Waals surface area contributed by atoms with Gasteiger partial charge in [0.1, 0.15) is 0 Å². The van der Waals surface area contributed by atoms with Crippen LogP contribution in [0.4, 0.5) is 0 Å². The number of sulfonamides is 1. The van der Waals surface area contributed by atoms with Gasteiger partial charge in [-0.15, -0.1) is 0 Å². The van der Waals surface area contributed by atoms with E-state index in [1.54, 1.807) is 4.72 Å². The van der Waals surface area contributed by atoms with Crippen molar-refractivity contribution in [3.05, 3.63) is 0 Å². The van der Waals surface area contributed by atoms with Crippen LogP contribution < -0.4 is 10.5 Å². The summed E-state index contributed by atoms with van der Waals surface area (Å²) in [6.45, 7) is 1.40. The first-order chi connectivity index (χ1) is 4.33. The second-order valence-electron chi connectivity index (χ2n) is 2.03. The highest BCUT2D eigenvalue weighted by molar-refractivity contribution is 7.89. The molecule has 0 bridgehead atoms. The average molecular weight is 166 g/mol. The third-order valence-corrected chi connectivity index (χ3v) is 1.27. The van der Waals surface area contributed by atoms with Gasteiger partial charge in [0.2, 0.25) is 15.9 Å². The van der Waals surface area contributed by atoms with Crippen molar-refractivity contribution in [3.8, 4) is 0 Å². The molecular weight excluding hydrogens is 156 g/mol. The van der Waals surface area contributed by atoms with Crippen LogP contribution in [0.2, 0.25) is 0 Å². The summed E-state index contributed by atoms with van der Waals surface area (Å²) in [5.74, 6) is -0.692. The lowest BCUT2D eigenvalue weighted by Crippen LogP contribution is -2.40. The summed E-state index contributed by atoms with van der Waals surface area (Å²) in [5.41, 5.74) is 5.07. The summed E-state index contributed by atoms with van der Waals surface area (Å²) in [6.07, 6.45) is 0.896. The first kappa shape index (κ1) is 9.38. The summed E-state index contributed by atoms with van der Waals surface area (Å²) < 4.78 is 22.4. The van der Waals surface area contributed by atoms with Crippen molar-refractivity contribution in [1.29, 1.82) is 0 Å². The molecule has 0 aliphatic carbocycles. The predicted octanol–water partition coefficient (Wildman–Crippen LogP) is -1.59. The zero-order valence-corrected chi connectivity index (χ0v) is 6.60. The van der Waals surface area contributed by atoms with Crippen molar-refractivity contribution in [1.82, 2.24) is 4.72 Å². The quantitative estimate of drug-likeness (QED) is 0.517. The number of nitrogens with two attached hydrogens (primary N) is 1. The summed E-state index contributed by atoms with van der Waals surface area (Å²) in [7, 11) is -3.45. The molecule has 1 atom stereocenters. The standard InChI is InChI=1S/C4H10N2O3S/c1-3(5)4(7)6-10(2,8)9/h3H,5H2,1-2H3,(H,6,7). The van der Waals surface area contributed by atoms with Gasteiger partial charge in [-0.1, -0.05) is 0 Å². The van der Waals surface area contributed by atoms with Gasteiger partial charge < -0.3 is 5.73 Å². The lowest BCUT2D eigenvalue weighted by Gasteiger charge is -2.03. The fraction of sp³-hybridized carbons (Fsp3) is 0.750. The molecule has 0 aliphatic rings. The van der Waals surface area contributed by atoms with E-state index in [1.165, 1.54) is 6.92 Å². The monoisotopic (exact) mass is 166 g/mol. The van der Waals surface area contributed by atoms with Gasteiger partial charge in [0.25, 0.3) is 0 Å². The van der Waals surface area contributed by atoms with Crippen LogP contribution in [0.5, 0.6) is 0 Å². The maximum Gasteiger partial charge on any atom is 0.250 e. The molecule has 0 aromatic heterocycles. The van der Waals surface area contributed by atoms with E-state index in [1.807, 2.05) is 0 Å². The molecular formula is C4H10N2O3S. The Morgan fingerprint density at radius 2 is 2.00 bits per heavy atom. The highest BCUT2D eigenvalue weighted by Crippen LogP contribution is 1.78. The second-order valence-corrected chi connectivity index (χ2v) is 3.78. The highest BCUT2D eigenvalue weighted by atomic mass is 32.2. The molecule has 0 radical (unpaired) electrons. The molecule has 3 N–H and O–H groups in total. The largest absolute Gasteiger partial charge is 0.320 e. The Morgan fingerprint density at radius 1 is 1.60 bits per heavy atom. The summed E-state index contributed by atoms with van der Waals surface area (Å²) in [4.78, 5) is 10.5. The maximum absolute atomic E-state index is 10.5. The van der Waals surface area contributed by atoms with Crippen LogP contribution in [0, 0.1) is 0 Å². The fourth-order valence-corrected chi connectivity index (χ4v) is 0.827. The normalized spacial score (nSPS) is 14.3. The molecule has 0 fully saturated rings. The number of carbonyl (C=O) groups is 1. The number of carbonyl (C=O) groups excluding carboxylic acids is 1. The lowest BCUT2D eigenvalue weighted by atomic mass is 10.4. The average Bonchev–Trinajstić information content (AvgIpc) is 1.60. The molecule has 0 aliphatic heterocycles. The molecule has 10 heavy (non-hydrogen) atoms. The van der Waals surface area contributed by atoms with E-state index >= 15 is 0 Å². The van der Waals surface area contributed by atoms with Crippen LogP contribution in [0.15, 0.2) is 0 Å². The molecule has 0 aromatic carbocycles. The van der Waals surface area contributed by atoms with E-state index in [-0.39, 0.29) is 0 Å².